The lowest BCUT2D eigenvalue weighted by Gasteiger charge is -2.25. The second kappa shape index (κ2) is 10.5. The maximum atomic E-state index is 13.8. The Labute approximate surface area is 230 Å². The maximum absolute atomic E-state index is 13.8. The van der Waals surface area contributed by atoms with Crippen molar-refractivity contribution in [1.29, 1.82) is 0 Å². The molecule has 10 heteroatoms. The highest BCUT2D eigenvalue weighted by Gasteiger charge is 2.35. The third kappa shape index (κ3) is 4.61. The number of carbonyl (C=O) groups excluding carboxylic acids is 1. The zero-order valence-electron chi connectivity index (χ0n) is 21.0. The van der Waals surface area contributed by atoms with Gasteiger partial charge in [0.2, 0.25) is 0 Å². The topological polar surface area (TPSA) is 92.3 Å². The molecule has 0 amide bonds. The lowest BCUT2D eigenvalue weighted by atomic mass is 9.95. The number of ether oxygens (including phenoxy) is 3. The van der Waals surface area contributed by atoms with Crippen LogP contribution in [-0.2, 0) is 9.53 Å². The highest BCUT2D eigenvalue weighted by atomic mass is 79.9. The first-order chi connectivity index (χ1) is 18.3. The predicted octanol–water partition coefficient (Wildman–Crippen LogP) is 4.45. The lowest BCUT2D eigenvalue weighted by Crippen LogP contribution is -2.40. The van der Waals surface area contributed by atoms with Gasteiger partial charge in [-0.3, -0.25) is 9.36 Å². The number of halogens is 1. The molecule has 0 saturated carbocycles. The molecule has 2 aromatic heterocycles. The number of methoxy groups -OCH3 is 3. The van der Waals surface area contributed by atoms with E-state index in [-0.39, 0.29) is 11.1 Å². The van der Waals surface area contributed by atoms with E-state index in [1.54, 1.807) is 38.3 Å². The third-order valence-corrected chi connectivity index (χ3v) is 7.70. The molecule has 0 saturated heterocycles. The molecular formula is C28H23BrN2O6S. The minimum Gasteiger partial charge on any atom is -0.497 e. The van der Waals surface area contributed by atoms with E-state index < -0.39 is 12.0 Å². The number of hydrogen-bond acceptors (Lipinski definition) is 8. The lowest BCUT2D eigenvalue weighted by molar-refractivity contribution is -0.136. The molecule has 5 rings (SSSR count). The Balaban J connectivity index is 1.67. The Hall–Kier alpha value is -3.89. The summed E-state index contributed by atoms with van der Waals surface area (Å²) in [7, 11) is 4.38. The maximum Gasteiger partial charge on any atom is 0.338 e. The minimum absolute atomic E-state index is 0.255. The van der Waals surface area contributed by atoms with E-state index in [2.05, 4.69) is 20.9 Å². The van der Waals surface area contributed by atoms with Crippen molar-refractivity contribution in [2.75, 3.05) is 21.3 Å². The van der Waals surface area contributed by atoms with Crippen molar-refractivity contribution in [3.63, 3.8) is 0 Å². The molecule has 38 heavy (non-hydrogen) atoms. The van der Waals surface area contributed by atoms with Gasteiger partial charge < -0.3 is 18.6 Å². The molecule has 194 valence electrons. The van der Waals surface area contributed by atoms with Gasteiger partial charge in [-0.2, -0.15) is 0 Å². The van der Waals surface area contributed by atoms with Crippen molar-refractivity contribution in [3.05, 3.63) is 101 Å². The van der Waals surface area contributed by atoms with Gasteiger partial charge >= 0.3 is 5.97 Å². The van der Waals surface area contributed by atoms with Gasteiger partial charge in [0.1, 0.15) is 29.1 Å². The van der Waals surface area contributed by atoms with Crippen LogP contribution < -0.4 is 24.4 Å². The van der Waals surface area contributed by atoms with Crippen LogP contribution in [0, 0.1) is 0 Å². The van der Waals surface area contributed by atoms with Crippen LogP contribution in [0.15, 0.2) is 84.5 Å². The highest BCUT2D eigenvalue weighted by Crippen LogP contribution is 2.37. The number of furan rings is 1. The fourth-order valence-corrected chi connectivity index (χ4v) is 5.65. The van der Waals surface area contributed by atoms with Crippen molar-refractivity contribution in [3.8, 4) is 22.8 Å². The van der Waals surface area contributed by atoms with Gasteiger partial charge in [0.15, 0.2) is 4.80 Å². The highest BCUT2D eigenvalue weighted by molar-refractivity contribution is 9.10. The van der Waals surface area contributed by atoms with Crippen LogP contribution in [0.4, 0.5) is 0 Å². The van der Waals surface area contributed by atoms with E-state index >= 15 is 0 Å². The summed E-state index contributed by atoms with van der Waals surface area (Å²) in [5.74, 6) is 1.67. The van der Waals surface area contributed by atoms with E-state index in [1.807, 2.05) is 36.4 Å². The zero-order valence-corrected chi connectivity index (χ0v) is 23.4. The molecule has 1 atom stereocenters. The van der Waals surface area contributed by atoms with Crippen molar-refractivity contribution in [2.45, 2.75) is 13.0 Å². The number of rotatable bonds is 6. The largest absolute Gasteiger partial charge is 0.497 e. The summed E-state index contributed by atoms with van der Waals surface area (Å²) in [6, 6.07) is 15.9. The standard InChI is InChI=1S/C28H23BrN2O6S/c1-15-24(27(33)36-4)25(20-11-9-18(34-2)13-22(20)35-3)31-26(32)23(38-28(31)30-15)14-19-10-12-21(37-19)16-5-7-17(29)8-6-16/h5-14,25H,1-4H3. The number of allylic oxidation sites excluding steroid dienone is 1. The molecule has 0 aliphatic carbocycles. The van der Waals surface area contributed by atoms with E-state index in [0.29, 0.717) is 43.6 Å². The molecule has 1 unspecified atom stereocenters. The van der Waals surface area contributed by atoms with Crippen LogP contribution in [0.2, 0.25) is 0 Å². The van der Waals surface area contributed by atoms with Gasteiger partial charge in [-0.25, -0.2) is 9.79 Å². The fraction of sp³-hybridized carbons (Fsp3) is 0.179. The summed E-state index contributed by atoms with van der Waals surface area (Å²) in [5, 5.41) is 0. The second-order valence-electron chi connectivity index (χ2n) is 8.39. The molecular weight excluding hydrogens is 572 g/mol. The summed E-state index contributed by atoms with van der Waals surface area (Å²) in [6.45, 7) is 1.73. The molecule has 1 aliphatic heterocycles. The first-order valence-corrected chi connectivity index (χ1v) is 13.1. The van der Waals surface area contributed by atoms with Crippen molar-refractivity contribution < 1.29 is 23.4 Å². The summed E-state index contributed by atoms with van der Waals surface area (Å²) in [6.07, 6.45) is 1.69. The number of aromatic nitrogens is 1. The Morgan fingerprint density at radius 1 is 1.08 bits per heavy atom. The van der Waals surface area contributed by atoms with Crippen molar-refractivity contribution >= 4 is 39.3 Å². The Bertz CT molecular complexity index is 1750. The minimum atomic E-state index is -0.809. The first-order valence-electron chi connectivity index (χ1n) is 11.5. The number of thiazole rings is 1. The van der Waals surface area contributed by atoms with E-state index in [9.17, 15) is 9.59 Å². The molecule has 4 aromatic rings. The van der Waals surface area contributed by atoms with Gasteiger partial charge in [-0.1, -0.05) is 39.4 Å². The van der Waals surface area contributed by atoms with Gasteiger partial charge in [0.05, 0.1) is 37.1 Å². The Morgan fingerprint density at radius 2 is 1.84 bits per heavy atom. The molecule has 0 bridgehead atoms. The average Bonchev–Trinajstić information content (AvgIpc) is 3.51. The molecule has 0 N–H and O–H groups in total. The van der Waals surface area contributed by atoms with Crippen LogP contribution in [0.1, 0.15) is 24.3 Å². The molecule has 2 aromatic carbocycles. The fourth-order valence-electron chi connectivity index (χ4n) is 4.36. The number of benzene rings is 2. The zero-order chi connectivity index (χ0) is 27.0. The van der Waals surface area contributed by atoms with E-state index in [0.717, 1.165) is 10.0 Å². The number of nitrogens with zero attached hydrogens (tertiary/aromatic N) is 2. The molecule has 3 heterocycles. The van der Waals surface area contributed by atoms with Gasteiger partial charge in [0, 0.05) is 27.7 Å². The number of esters is 1. The number of carbonyl (C=O) groups is 1. The molecule has 0 spiro atoms. The molecule has 1 aliphatic rings. The number of fused-ring (bicyclic) bond motifs is 1. The van der Waals surface area contributed by atoms with Crippen LogP contribution in [-0.4, -0.2) is 31.9 Å². The SMILES string of the molecule is COC(=O)C1=C(C)N=c2sc(=Cc3ccc(-c4ccc(Br)cc4)o3)c(=O)n2C1c1ccc(OC)cc1OC. The summed E-state index contributed by atoms with van der Waals surface area (Å²) < 4.78 is 24.9. The van der Waals surface area contributed by atoms with Crippen LogP contribution in [0.25, 0.3) is 17.4 Å². The van der Waals surface area contributed by atoms with Crippen molar-refractivity contribution in [1.82, 2.24) is 4.57 Å². The Morgan fingerprint density at radius 3 is 2.53 bits per heavy atom. The average molecular weight is 595 g/mol. The molecule has 0 fully saturated rings. The predicted molar refractivity (Wildman–Crippen MR) is 147 cm³/mol. The summed E-state index contributed by atoms with van der Waals surface area (Å²) in [5.41, 5.74) is 1.92. The van der Waals surface area contributed by atoms with Gasteiger partial charge in [0.25, 0.3) is 5.56 Å². The molecule has 0 radical (unpaired) electrons. The normalized spacial score (nSPS) is 15.2. The summed E-state index contributed by atoms with van der Waals surface area (Å²) >= 11 is 4.65. The summed E-state index contributed by atoms with van der Waals surface area (Å²) in [4.78, 5) is 31.8. The van der Waals surface area contributed by atoms with E-state index in [1.165, 1.54) is 30.1 Å². The Kier molecular flexibility index (Phi) is 7.09. The van der Waals surface area contributed by atoms with Crippen LogP contribution in [0.5, 0.6) is 11.5 Å². The third-order valence-electron chi connectivity index (χ3n) is 6.19. The van der Waals surface area contributed by atoms with Crippen LogP contribution >= 0.6 is 27.3 Å². The van der Waals surface area contributed by atoms with Crippen molar-refractivity contribution in [2.24, 2.45) is 4.99 Å². The van der Waals surface area contributed by atoms with Gasteiger partial charge in [-0.05, 0) is 43.3 Å². The van der Waals surface area contributed by atoms with Gasteiger partial charge in [-0.15, -0.1) is 0 Å². The first kappa shape index (κ1) is 25.7. The number of hydrogen-bond donors (Lipinski definition) is 0. The quantitative estimate of drug-likeness (QED) is 0.306. The molecule has 8 nitrogen and oxygen atoms in total. The monoisotopic (exact) mass is 594 g/mol. The van der Waals surface area contributed by atoms with E-state index in [4.69, 9.17) is 18.6 Å². The smallest absolute Gasteiger partial charge is 0.338 e. The second-order valence-corrected chi connectivity index (χ2v) is 10.3. The van der Waals surface area contributed by atoms with Crippen LogP contribution in [0.3, 0.4) is 0 Å².